The molecule has 5 heteroatoms. The minimum Gasteiger partial charge on any atom is -0.342 e. The highest BCUT2D eigenvalue weighted by molar-refractivity contribution is 6.19. The topological polar surface area (TPSA) is 40.6 Å². The number of hydrogen-bond donors (Lipinski definition) is 0. The smallest absolute Gasteiger partial charge is 0.241 e. The molecule has 0 unspecified atom stereocenters. The molecule has 0 aromatic rings. The molecule has 0 radical (unpaired) electrons. The average molecular weight is 168 g/mol. The first kappa shape index (κ1) is 9.10. The summed E-state index contributed by atoms with van der Waals surface area (Å²) in [4.78, 5) is 25.6. The van der Waals surface area contributed by atoms with E-state index in [-0.39, 0.29) is 18.4 Å². The zero-order valence-electron chi connectivity index (χ0n) is 7.54. The van der Waals surface area contributed by atoms with Gasteiger partial charge in [-0.25, -0.2) is 0 Å². The Hall–Kier alpha value is -0.995. The first-order valence-electron chi connectivity index (χ1n) is 4.17. The highest BCUT2D eigenvalue weighted by Crippen LogP contribution is 2.02. The Morgan fingerprint density at radius 2 is 2.25 bits per heavy atom. The molecule has 1 rings (SSSR count). The van der Waals surface area contributed by atoms with Crippen LogP contribution < -0.4 is 0 Å². The van der Waals surface area contributed by atoms with Crippen molar-refractivity contribution in [1.82, 2.24) is 9.80 Å². The van der Waals surface area contributed by atoms with Crippen LogP contribution in [0.4, 0.5) is 0 Å². The van der Waals surface area contributed by atoms with Crippen LogP contribution in [-0.2, 0) is 9.59 Å². The van der Waals surface area contributed by atoms with Crippen molar-refractivity contribution in [3.05, 3.63) is 0 Å². The van der Waals surface area contributed by atoms with Crippen molar-refractivity contribution in [3.8, 4) is 0 Å². The molecule has 1 aliphatic heterocycles. The van der Waals surface area contributed by atoms with E-state index < -0.39 is 0 Å². The van der Waals surface area contributed by atoms with E-state index in [1.807, 2.05) is 7.85 Å². The Kier molecular flexibility index (Phi) is 2.73. The van der Waals surface area contributed by atoms with Gasteiger partial charge >= 0.3 is 0 Å². The minimum absolute atomic E-state index is 0.0306. The lowest BCUT2D eigenvalue weighted by Crippen LogP contribution is -2.50. The Morgan fingerprint density at radius 1 is 1.58 bits per heavy atom. The molecule has 0 saturated carbocycles. The number of carbonyl (C=O) groups is 2. The van der Waals surface area contributed by atoms with E-state index in [0.717, 1.165) is 0 Å². The first-order valence-corrected chi connectivity index (χ1v) is 4.17. The second kappa shape index (κ2) is 3.60. The van der Waals surface area contributed by atoms with Crippen molar-refractivity contribution < 1.29 is 9.59 Å². The van der Waals surface area contributed by atoms with Crippen molar-refractivity contribution >= 4 is 19.7 Å². The van der Waals surface area contributed by atoms with Gasteiger partial charge in [-0.3, -0.25) is 9.59 Å². The van der Waals surface area contributed by atoms with Gasteiger partial charge in [-0.1, -0.05) is 0 Å². The lowest BCUT2D eigenvalue weighted by molar-refractivity contribution is -0.142. The second-order valence-electron chi connectivity index (χ2n) is 2.98. The van der Waals surface area contributed by atoms with Crippen LogP contribution >= 0.6 is 0 Å². The van der Waals surface area contributed by atoms with Crippen LogP contribution in [0.2, 0.25) is 6.32 Å². The number of piperazine rings is 1. The Labute approximate surface area is 72.9 Å². The van der Waals surface area contributed by atoms with E-state index in [1.165, 1.54) is 0 Å². The van der Waals surface area contributed by atoms with Gasteiger partial charge in [0.25, 0.3) is 0 Å². The number of nitrogens with zero attached hydrogens (tertiary/aromatic N) is 2. The predicted octanol–water partition coefficient (Wildman–Crippen LogP) is -1.66. The summed E-state index contributed by atoms with van der Waals surface area (Å²) in [6.07, 6.45) is 0.483. The van der Waals surface area contributed by atoms with Crippen LogP contribution in [0, 0.1) is 0 Å². The number of carbonyl (C=O) groups excluding carboxylic acids is 2. The first-order chi connectivity index (χ1) is 5.65. The van der Waals surface area contributed by atoms with Crippen molar-refractivity contribution in [3.63, 3.8) is 0 Å². The maximum absolute atomic E-state index is 11.2. The molecule has 1 aliphatic rings. The van der Waals surface area contributed by atoms with E-state index in [2.05, 4.69) is 0 Å². The molecular formula is C7H13BN2O2. The number of likely N-dealkylation sites (N-methyl/N-ethyl adjacent to an activating group) is 1. The van der Waals surface area contributed by atoms with Crippen LogP contribution in [0.5, 0.6) is 0 Å². The molecule has 0 aliphatic carbocycles. The molecule has 0 atom stereocenters. The average Bonchev–Trinajstić information content (AvgIpc) is 2.08. The van der Waals surface area contributed by atoms with Gasteiger partial charge in [0.2, 0.25) is 11.8 Å². The molecule has 1 heterocycles. The van der Waals surface area contributed by atoms with Crippen LogP contribution in [0.25, 0.3) is 0 Å². The lowest BCUT2D eigenvalue weighted by Gasteiger charge is -2.31. The SMILES string of the molecule is BCC(=O)N1CCN(C)C(=O)C1. The molecule has 4 nitrogen and oxygen atoms in total. The van der Waals surface area contributed by atoms with Crippen molar-refractivity contribution in [1.29, 1.82) is 0 Å². The number of rotatable bonds is 1. The van der Waals surface area contributed by atoms with Gasteiger partial charge in [0.1, 0.15) is 7.85 Å². The summed E-state index contributed by atoms with van der Waals surface area (Å²) in [5.74, 6) is 0.0968. The highest BCUT2D eigenvalue weighted by Gasteiger charge is 2.23. The fourth-order valence-electron chi connectivity index (χ4n) is 1.19. The molecular weight excluding hydrogens is 155 g/mol. The molecule has 12 heavy (non-hydrogen) atoms. The molecule has 66 valence electrons. The minimum atomic E-state index is 0.0306. The summed E-state index contributed by atoms with van der Waals surface area (Å²) < 4.78 is 0. The van der Waals surface area contributed by atoms with E-state index in [1.54, 1.807) is 16.8 Å². The molecule has 1 fully saturated rings. The van der Waals surface area contributed by atoms with Gasteiger partial charge in [-0.15, -0.1) is 0 Å². The summed E-state index contributed by atoms with van der Waals surface area (Å²) in [7, 11) is 3.57. The van der Waals surface area contributed by atoms with Gasteiger partial charge in [0.05, 0.1) is 6.54 Å². The summed E-state index contributed by atoms with van der Waals surface area (Å²) in [6.45, 7) is 1.59. The number of amides is 2. The van der Waals surface area contributed by atoms with E-state index in [4.69, 9.17) is 0 Å². The third-order valence-electron chi connectivity index (χ3n) is 2.11. The normalized spacial score (nSPS) is 18.2. The van der Waals surface area contributed by atoms with Gasteiger partial charge in [-0.2, -0.15) is 0 Å². The summed E-state index contributed by atoms with van der Waals surface area (Å²) in [5, 5.41) is 0. The van der Waals surface area contributed by atoms with Crippen LogP contribution in [0.15, 0.2) is 0 Å². The van der Waals surface area contributed by atoms with Crippen LogP contribution in [0.3, 0.4) is 0 Å². The summed E-state index contributed by atoms with van der Waals surface area (Å²) in [5.41, 5.74) is 0. The fourth-order valence-corrected chi connectivity index (χ4v) is 1.19. The molecule has 0 spiro atoms. The molecule has 0 N–H and O–H groups in total. The molecule has 0 aromatic heterocycles. The zero-order chi connectivity index (χ0) is 9.14. The van der Waals surface area contributed by atoms with Gasteiger partial charge in [0, 0.05) is 20.1 Å². The van der Waals surface area contributed by atoms with Gasteiger partial charge in [0.15, 0.2) is 0 Å². The monoisotopic (exact) mass is 168 g/mol. The molecule has 0 aromatic carbocycles. The second-order valence-corrected chi connectivity index (χ2v) is 2.98. The van der Waals surface area contributed by atoms with Crippen LogP contribution in [0.1, 0.15) is 0 Å². The third-order valence-corrected chi connectivity index (χ3v) is 2.11. The van der Waals surface area contributed by atoms with E-state index >= 15 is 0 Å². The summed E-state index contributed by atoms with van der Waals surface area (Å²) >= 11 is 0. The van der Waals surface area contributed by atoms with Crippen molar-refractivity contribution in [2.75, 3.05) is 26.7 Å². The highest BCUT2D eigenvalue weighted by atomic mass is 16.2. The van der Waals surface area contributed by atoms with Gasteiger partial charge in [-0.05, 0) is 6.32 Å². The lowest BCUT2D eigenvalue weighted by atomic mass is 10.0. The fraction of sp³-hybridized carbons (Fsp3) is 0.714. The number of hydrogen-bond acceptors (Lipinski definition) is 2. The third kappa shape index (κ3) is 1.78. The standard InChI is InChI=1S/C7H13BN2O2/c1-9-2-3-10(5-7(9)12)6(11)4-8/h2-5,8H2,1H3. The molecule has 2 amide bonds. The predicted molar refractivity (Wildman–Crippen MR) is 47.6 cm³/mol. The van der Waals surface area contributed by atoms with E-state index in [0.29, 0.717) is 19.4 Å². The Morgan fingerprint density at radius 3 is 2.75 bits per heavy atom. The maximum atomic E-state index is 11.2. The largest absolute Gasteiger partial charge is 0.342 e. The molecule has 0 bridgehead atoms. The summed E-state index contributed by atoms with van der Waals surface area (Å²) in [6, 6.07) is 0. The Bertz CT molecular complexity index is 206. The molecule has 1 saturated heterocycles. The zero-order valence-corrected chi connectivity index (χ0v) is 7.54. The van der Waals surface area contributed by atoms with Gasteiger partial charge < -0.3 is 9.80 Å². The van der Waals surface area contributed by atoms with Crippen LogP contribution in [-0.4, -0.2) is 56.1 Å². The van der Waals surface area contributed by atoms with Crippen molar-refractivity contribution in [2.24, 2.45) is 0 Å². The van der Waals surface area contributed by atoms with Crippen molar-refractivity contribution in [2.45, 2.75) is 6.32 Å². The Balaban J connectivity index is 2.51. The quantitative estimate of drug-likeness (QED) is 0.439. The maximum Gasteiger partial charge on any atom is 0.241 e. The van der Waals surface area contributed by atoms with E-state index in [9.17, 15) is 9.59 Å².